The minimum absolute atomic E-state index is 0.0171. The second-order valence-electron chi connectivity index (χ2n) is 7.85. The van der Waals surface area contributed by atoms with Crippen molar-refractivity contribution < 1.29 is 22.8 Å². The highest BCUT2D eigenvalue weighted by atomic mass is 32.1. The highest BCUT2D eigenvalue weighted by Gasteiger charge is 2.34. The molecule has 1 aromatic carbocycles. The lowest BCUT2D eigenvalue weighted by Gasteiger charge is -2.14. The number of nitrogens with zero attached hydrogens (tertiary/aromatic N) is 3. The van der Waals surface area contributed by atoms with E-state index < -0.39 is 29.4 Å². The molecule has 2 aromatic rings. The monoisotopic (exact) mass is 438 g/mol. The zero-order chi connectivity index (χ0) is 21.7. The van der Waals surface area contributed by atoms with Crippen molar-refractivity contribution >= 4 is 24.0 Å². The van der Waals surface area contributed by atoms with Gasteiger partial charge in [-0.25, -0.2) is 13.2 Å². The molecule has 1 aromatic heterocycles. The van der Waals surface area contributed by atoms with Crippen LogP contribution in [-0.2, 0) is 36.0 Å². The fourth-order valence-corrected chi connectivity index (χ4v) is 4.68. The van der Waals surface area contributed by atoms with E-state index in [1.165, 1.54) is 0 Å². The van der Waals surface area contributed by atoms with Crippen LogP contribution in [-0.4, -0.2) is 45.5 Å². The van der Waals surface area contributed by atoms with Crippen LogP contribution in [0.1, 0.15) is 29.3 Å². The van der Waals surface area contributed by atoms with Crippen LogP contribution in [0.2, 0.25) is 0 Å². The molecule has 1 unspecified atom stereocenters. The third-order valence-corrected chi connectivity index (χ3v) is 6.50. The van der Waals surface area contributed by atoms with Crippen LogP contribution >= 0.6 is 12.2 Å². The van der Waals surface area contributed by atoms with Crippen molar-refractivity contribution in [3.63, 3.8) is 0 Å². The molecule has 2 atom stereocenters. The summed E-state index contributed by atoms with van der Waals surface area (Å²) < 4.78 is 46.0. The van der Waals surface area contributed by atoms with E-state index in [0.717, 1.165) is 12.1 Å². The molecule has 30 heavy (non-hydrogen) atoms. The molecule has 2 aliphatic heterocycles. The predicted octanol–water partition coefficient (Wildman–Crippen LogP) is 2.20. The van der Waals surface area contributed by atoms with Gasteiger partial charge >= 0.3 is 0 Å². The Bertz CT molecular complexity index is 1110. The molecular formula is C20H21F3N4O2S. The maximum absolute atomic E-state index is 14.3. The minimum Gasteiger partial charge on any atom is -0.344 e. The van der Waals surface area contributed by atoms with Crippen LogP contribution in [0.25, 0.3) is 0 Å². The molecular weight excluding hydrogens is 417 g/mol. The molecule has 1 fully saturated rings. The first kappa shape index (κ1) is 20.6. The van der Waals surface area contributed by atoms with E-state index in [2.05, 4.69) is 5.32 Å². The van der Waals surface area contributed by atoms with Gasteiger partial charge in [0.15, 0.2) is 16.4 Å². The Balaban J connectivity index is 1.57. The molecule has 0 spiro atoms. The summed E-state index contributed by atoms with van der Waals surface area (Å²) in [6, 6.07) is 1.13. The van der Waals surface area contributed by atoms with Crippen molar-refractivity contribution in [2.75, 3.05) is 13.6 Å². The van der Waals surface area contributed by atoms with E-state index in [1.807, 2.05) is 0 Å². The van der Waals surface area contributed by atoms with Gasteiger partial charge in [0, 0.05) is 50.1 Å². The van der Waals surface area contributed by atoms with Crippen LogP contribution in [0.4, 0.5) is 13.2 Å². The number of fused-ring (bicyclic) bond motifs is 1. The third kappa shape index (κ3) is 3.32. The molecule has 2 aliphatic rings. The highest BCUT2D eigenvalue weighted by Crippen LogP contribution is 2.36. The van der Waals surface area contributed by atoms with Crippen LogP contribution in [0.15, 0.2) is 12.1 Å². The standard InChI is InChI=1S/C20H21F3N4O2S/c1-25-6-5-13(19(25)29)24-16(28)8-14-15-7-10(9-27(15)20(30)26(14)2)17-11(21)3-4-12(22)18(17)23/h3-4,10,13H,5-9H2,1-2H3,(H,24,28)/t10-,13?/m0/s1. The van der Waals surface area contributed by atoms with Crippen LogP contribution in [0, 0.1) is 22.2 Å². The lowest BCUT2D eigenvalue weighted by atomic mass is 9.95. The van der Waals surface area contributed by atoms with Gasteiger partial charge in [-0.05, 0) is 37.2 Å². The molecule has 0 radical (unpaired) electrons. The number of carbonyl (C=O) groups is 2. The number of imidazole rings is 1. The number of nitrogens with one attached hydrogen (secondary N) is 1. The van der Waals surface area contributed by atoms with Crippen molar-refractivity contribution in [3.05, 3.63) is 51.3 Å². The van der Waals surface area contributed by atoms with Crippen molar-refractivity contribution in [2.24, 2.45) is 7.05 Å². The molecule has 3 heterocycles. The lowest BCUT2D eigenvalue weighted by Crippen LogP contribution is -2.41. The van der Waals surface area contributed by atoms with Crippen LogP contribution < -0.4 is 5.32 Å². The third-order valence-electron chi connectivity index (χ3n) is 6.00. The first-order chi connectivity index (χ1) is 14.2. The topological polar surface area (TPSA) is 59.3 Å². The quantitative estimate of drug-likeness (QED) is 0.588. The number of hydrogen-bond donors (Lipinski definition) is 1. The summed E-state index contributed by atoms with van der Waals surface area (Å²) in [5.74, 6) is -4.17. The Morgan fingerprint density at radius 1 is 1.23 bits per heavy atom. The normalized spacial score (nSPS) is 20.7. The zero-order valence-corrected chi connectivity index (χ0v) is 17.4. The van der Waals surface area contributed by atoms with E-state index in [4.69, 9.17) is 12.2 Å². The second kappa shape index (κ2) is 7.57. The van der Waals surface area contributed by atoms with Gasteiger partial charge in [-0.15, -0.1) is 0 Å². The second-order valence-corrected chi connectivity index (χ2v) is 8.21. The van der Waals surface area contributed by atoms with Gasteiger partial charge in [0.2, 0.25) is 11.8 Å². The molecule has 0 aliphatic carbocycles. The molecule has 10 heteroatoms. The fraction of sp³-hybridized carbons (Fsp3) is 0.450. The molecule has 1 saturated heterocycles. The van der Waals surface area contributed by atoms with E-state index in [-0.39, 0.29) is 36.8 Å². The number of carbonyl (C=O) groups excluding carboxylic acids is 2. The molecule has 6 nitrogen and oxygen atoms in total. The van der Waals surface area contributed by atoms with Crippen LogP contribution in [0.5, 0.6) is 0 Å². The zero-order valence-electron chi connectivity index (χ0n) is 16.5. The summed E-state index contributed by atoms with van der Waals surface area (Å²) in [6.45, 7) is 0.786. The Labute approximate surface area is 176 Å². The van der Waals surface area contributed by atoms with Gasteiger partial charge in [0.05, 0.1) is 6.42 Å². The first-order valence-corrected chi connectivity index (χ1v) is 10.0. The molecule has 160 valence electrons. The number of likely N-dealkylation sites (N-methyl/N-ethyl adjacent to an activating group) is 1. The Morgan fingerprint density at radius 2 is 1.93 bits per heavy atom. The average Bonchev–Trinajstić information content (AvgIpc) is 3.32. The van der Waals surface area contributed by atoms with Crippen molar-refractivity contribution in [1.29, 1.82) is 0 Å². The predicted molar refractivity (Wildman–Crippen MR) is 105 cm³/mol. The number of aromatic nitrogens is 2. The van der Waals surface area contributed by atoms with Gasteiger partial charge in [-0.1, -0.05) is 0 Å². The molecule has 0 bridgehead atoms. The maximum Gasteiger partial charge on any atom is 0.244 e. The first-order valence-electron chi connectivity index (χ1n) is 9.64. The summed E-state index contributed by atoms with van der Waals surface area (Å²) in [6.07, 6.45) is 0.764. The summed E-state index contributed by atoms with van der Waals surface area (Å²) in [4.78, 5) is 26.2. The molecule has 2 amide bonds. The van der Waals surface area contributed by atoms with Gasteiger partial charge in [0.1, 0.15) is 11.9 Å². The van der Waals surface area contributed by atoms with E-state index in [9.17, 15) is 22.8 Å². The molecule has 4 rings (SSSR count). The Morgan fingerprint density at radius 3 is 2.60 bits per heavy atom. The summed E-state index contributed by atoms with van der Waals surface area (Å²) in [7, 11) is 3.41. The maximum atomic E-state index is 14.3. The summed E-state index contributed by atoms with van der Waals surface area (Å²) in [5, 5.41) is 2.75. The van der Waals surface area contributed by atoms with Crippen LogP contribution in [0.3, 0.4) is 0 Å². The van der Waals surface area contributed by atoms with Gasteiger partial charge in [-0.3, -0.25) is 9.59 Å². The van der Waals surface area contributed by atoms with E-state index >= 15 is 0 Å². The summed E-state index contributed by atoms with van der Waals surface area (Å²) >= 11 is 5.44. The molecule has 1 N–H and O–H groups in total. The minimum atomic E-state index is -1.19. The van der Waals surface area contributed by atoms with Gasteiger partial charge in [-0.2, -0.15) is 0 Å². The number of hydrogen-bond acceptors (Lipinski definition) is 3. The lowest BCUT2D eigenvalue weighted by molar-refractivity contribution is -0.131. The van der Waals surface area contributed by atoms with E-state index in [0.29, 0.717) is 29.1 Å². The van der Waals surface area contributed by atoms with Crippen molar-refractivity contribution in [3.8, 4) is 0 Å². The summed E-state index contributed by atoms with van der Waals surface area (Å²) in [5.41, 5.74) is 1.02. The highest BCUT2D eigenvalue weighted by molar-refractivity contribution is 7.71. The SMILES string of the molecule is CN1CCC(NC(=O)Cc2c3n(c(=S)n2C)C[C@@H](c2c(F)ccc(F)c2F)C3)C1=O. The number of halogens is 3. The fourth-order valence-electron chi connectivity index (χ4n) is 4.38. The van der Waals surface area contributed by atoms with Gasteiger partial charge < -0.3 is 19.4 Å². The Hall–Kier alpha value is -2.62. The smallest absolute Gasteiger partial charge is 0.244 e. The Kier molecular flexibility index (Phi) is 5.21. The van der Waals surface area contributed by atoms with Crippen molar-refractivity contribution in [2.45, 2.75) is 37.8 Å². The van der Waals surface area contributed by atoms with E-state index in [1.54, 1.807) is 28.1 Å². The number of likely N-dealkylation sites (tertiary alicyclic amines) is 1. The number of benzene rings is 1. The number of rotatable bonds is 4. The van der Waals surface area contributed by atoms with Gasteiger partial charge in [0.25, 0.3) is 0 Å². The average molecular weight is 438 g/mol. The largest absolute Gasteiger partial charge is 0.344 e. The molecule has 0 saturated carbocycles. The van der Waals surface area contributed by atoms with Crippen molar-refractivity contribution in [1.82, 2.24) is 19.4 Å². The number of amides is 2.